The summed E-state index contributed by atoms with van der Waals surface area (Å²) in [4.78, 5) is 16.3. The number of hydrogen-bond donors (Lipinski definition) is 2. The molecule has 5 nitrogen and oxygen atoms in total. The summed E-state index contributed by atoms with van der Waals surface area (Å²) >= 11 is 11.3. The van der Waals surface area contributed by atoms with Gasteiger partial charge >= 0.3 is 0 Å². The topological polar surface area (TPSA) is 63.2 Å². The second-order valence-corrected chi connectivity index (χ2v) is 6.80. The van der Waals surface area contributed by atoms with Crippen molar-refractivity contribution in [1.82, 2.24) is 10.3 Å². The Balaban J connectivity index is 1.57. The molecule has 0 radical (unpaired) electrons. The SMILES string of the molecule is COc1ccc(C(=O)NC(=S)Nc2ccc(Cc3ccncc3)cc2)cc1Cl. The molecule has 2 aromatic carbocycles. The summed E-state index contributed by atoms with van der Waals surface area (Å²) < 4.78 is 5.08. The van der Waals surface area contributed by atoms with E-state index >= 15 is 0 Å². The van der Waals surface area contributed by atoms with Gasteiger partial charge in [0.25, 0.3) is 5.91 Å². The molecule has 0 atom stereocenters. The highest BCUT2D eigenvalue weighted by molar-refractivity contribution is 7.80. The van der Waals surface area contributed by atoms with Crippen LogP contribution in [-0.4, -0.2) is 23.1 Å². The Hall–Kier alpha value is -2.96. The number of anilines is 1. The predicted molar refractivity (Wildman–Crippen MR) is 115 cm³/mol. The van der Waals surface area contributed by atoms with Crippen LogP contribution in [0.1, 0.15) is 21.5 Å². The van der Waals surface area contributed by atoms with E-state index in [4.69, 9.17) is 28.6 Å². The van der Waals surface area contributed by atoms with Crippen LogP contribution in [0.2, 0.25) is 5.02 Å². The van der Waals surface area contributed by atoms with E-state index in [1.807, 2.05) is 36.4 Å². The summed E-state index contributed by atoms with van der Waals surface area (Å²) in [6.45, 7) is 0. The first-order valence-corrected chi connectivity index (χ1v) is 9.27. The molecule has 0 saturated heterocycles. The van der Waals surface area contributed by atoms with Crippen LogP contribution in [0.15, 0.2) is 67.0 Å². The van der Waals surface area contributed by atoms with Gasteiger partial charge < -0.3 is 10.1 Å². The lowest BCUT2D eigenvalue weighted by molar-refractivity contribution is 0.0977. The molecule has 0 aliphatic rings. The number of thiocarbonyl (C=S) groups is 1. The minimum Gasteiger partial charge on any atom is -0.495 e. The normalized spacial score (nSPS) is 10.2. The van der Waals surface area contributed by atoms with Crippen LogP contribution in [0, 0.1) is 0 Å². The third-order valence-electron chi connectivity index (χ3n) is 4.01. The summed E-state index contributed by atoms with van der Waals surface area (Å²) in [5.41, 5.74) is 3.54. The van der Waals surface area contributed by atoms with Gasteiger partial charge in [0, 0.05) is 23.6 Å². The van der Waals surface area contributed by atoms with Gasteiger partial charge in [0.2, 0.25) is 0 Å². The Labute approximate surface area is 173 Å². The summed E-state index contributed by atoms with van der Waals surface area (Å²) in [7, 11) is 1.52. The number of halogens is 1. The number of pyridine rings is 1. The number of nitrogens with zero attached hydrogens (tertiary/aromatic N) is 1. The van der Waals surface area contributed by atoms with Crippen LogP contribution in [0.4, 0.5) is 5.69 Å². The highest BCUT2D eigenvalue weighted by Crippen LogP contribution is 2.24. The summed E-state index contributed by atoms with van der Waals surface area (Å²) in [6, 6.07) is 16.6. The molecule has 0 fully saturated rings. The number of hydrogen-bond acceptors (Lipinski definition) is 4. The van der Waals surface area contributed by atoms with E-state index in [1.165, 1.54) is 24.3 Å². The van der Waals surface area contributed by atoms with Crippen molar-refractivity contribution >= 4 is 40.5 Å². The third-order valence-corrected chi connectivity index (χ3v) is 4.51. The molecule has 7 heteroatoms. The minimum absolute atomic E-state index is 0.207. The van der Waals surface area contributed by atoms with E-state index in [2.05, 4.69) is 15.6 Å². The molecular weight excluding hydrogens is 394 g/mol. The predicted octanol–water partition coefficient (Wildman–Crippen LogP) is 4.46. The van der Waals surface area contributed by atoms with E-state index < -0.39 is 0 Å². The van der Waals surface area contributed by atoms with Gasteiger partial charge in [-0.2, -0.15) is 0 Å². The van der Waals surface area contributed by atoms with Crippen LogP contribution < -0.4 is 15.4 Å². The molecule has 1 heterocycles. The number of aromatic nitrogens is 1. The monoisotopic (exact) mass is 411 g/mol. The first kappa shape index (κ1) is 19.8. The number of rotatable bonds is 5. The van der Waals surface area contributed by atoms with Gasteiger partial charge in [0.15, 0.2) is 5.11 Å². The second-order valence-electron chi connectivity index (χ2n) is 5.99. The van der Waals surface area contributed by atoms with Crippen LogP contribution in [0.5, 0.6) is 5.75 Å². The van der Waals surface area contributed by atoms with E-state index in [0.29, 0.717) is 16.3 Å². The quantitative estimate of drug-likeness (QED) is 0.607. The Kier molecular flexibility index (Phi) is 6.57. The number of carbonyl (C=O) groups excluding carboxylic acids is 1. The van der Waals surface area contributed by atoms with Gasteiger partial charge in [-0.05, 0) is 72.2 Å². The molecule has 0 unspecified atom stereocenters. The van der Waals surface area contributed by atoms with Crippen molar-refractivity contribution in [3.05, 3.63) is 88.7 Å². The maximum absolute atomic E-state index is 12.3. The Morgan fingerprint density at radius 1 is 1.07 bits per heavy atom. The first-order valence-electron chi connectivity index (χ1n) is 8.49. The molecular formula is C21H18ClN3O2S. The fourth-order valence-electron chi connectivity index (χ4n) is 2.59. The van der Waals surface area contributed by atoms with Gasteiger partial charge in [0.05, 0.1) is 12.1 Å². The average molecular weight is 412 g/mol. The fourth-order valence-corrected chi connectivity index (χ4v) is 3.06. The van der Waals surface area contributed by atoms with E-state index in [9.17, 15) is 4.79 Å². The zero-order valence-electron chi connectivity index (χ0n) is 15.1. The maximum atomic E-state index is 12.3. The highest BCUT2D eigenvalue weighted by Gasteiger charge is 2.11. The van der Waals surface area contributed by atoms with Crippen LogP contribution in [0.3, 0.4) is 0 Å². The maximum Gasteiger partial charge on any atom is 0.257 e. The number of nitrogens with one attached hydrogen (secondary N) is 2. The number of benzene rings is 2. The molecule has 28 heavy (non-hydrogen) atoms. The van der Waals surface area contributed by atoms with Crippen LogP contribution >= 0.6 is 23.8 Å². The van der Waals surface area contributed by atoms with E-state index in [1.54, 1.807) is 24.5 Å². The van der Waals surface area contributed by atoms with Crippen LogP contribution in [-0.2, 0) is 6.42 Å². The van der Waals surface area contributed by atoms with E-state index in [0.717, 1.165) is 12.1 Å². The Morgan fingerprint density at radius 2 is 1.75 bits per heavy atom. The molecule has 1 aromatic heterocycles. The van der Waals surface area contributed by atoms with Gasteiger partial charge in [-0.1, -0.05) is 23.7 Å². The van der Waals surface area contributed by atoms with Crippen molar-refractivity contribution < 1.29 is 9.53 Å². The smallest absolute Gasteiger partial charge is 0.257 e. The molecule has 0 aliphatic carbocycles. The Morgan fingerprint density at radius 3 is 2.39 bits per heavy atom. The van der Waals surface area contributed by atoms with Crippen molar-refractivity contribution in [3.63, 3.8) is 0 Å². The van der Waals surface area contributed by atoms with Crippen molar-refractivity contribution in [2.75, 3.05) is 12.4 Å². The summed E-state index contributed by atoms with van der Waals surface area (Å²) in [5.74, 6) is 0.155. The average Bonchev–Trinajstić information content (AvgIpc) is 2.70. The van der Waals surface area contributed by atoms with Gasteiger partial charge in [-0.3, -0.25) is 15.1 Å². The molecule has 2 N–H and O–H groups in total. The molecule has 1 amide bonds. The number of methoxy groups -OCH3 is 1. The Bertz CT molecular complexity index is 979. The number of ether oxygens (including phenoxy) is 1. The van der Waals surface area contributed by atoms with Crippen molar-refractivity contribution in [2.24, 2.45) is 0 Å². The molecule has 0 spiro atoms. The molecule has 3 rings (SSSR count). The lowest BCUT2D eigenvalue weighted by Gasteiger charge is -2.11. The van der Waals surface area contributed by atoms with Gasteiger partial charge in [-0.25, -0.2) is 0 Å². The van der Waals surface area contributed by atoms with Crippen LogP contribution in [0.25, 0.3) is 0 Å². The van der Waals surface area contributed by atoms with Gasteiger partial charge in [-0.15, -0.1) is 0 Å². The molecule has 142 valence electrons. The summed E-state index contributed by atoms with van der Waals surface area (Å²) in [6.07, 6.45) is 4.38. The fraction of sp³-hybridized carbons (Fsp3) is 0.0952. The molecule has 0 aliphatic heterocycles. The van der Waals surface area contributed by atoms with Crippen molar-refractivity contribution in [3.8, 4) is 5.75 Å². The number of carbonyl (C=O) groups is 1. The highest BCUT2D eigenvalue weighted by atomic mass is 35.5. The minimum atomic E-state index is -0.351. The van der Waals surface area contributed by atoms with Crippen molar-refractivity contribution in [1.29, 1.82) is 0 Å². The number of amides is 1. The zero-order valence-corrected chi connectivity index (χ0v) is 16.7. The molecule has 0 bridgehead atoms. The van der Waals surface area contributed by atoms with Crippen molar-refractivity contribution in [2.45, 2.75) is 6.42 Å². The standard InChI is InChI=1S/C21H18ClN3O2S/c1-27-19-7-4-16(13-18(19)22)20(26)25-21(28)24-17-5-2-14(3-6-17)12-15-8-10-23-11-9-15/h2-11,13H,12H2,1H3,(H2,24,25,26,28). The first-order chi connectivity index (χ1) is 13.5. The third kappa shape index (κ3) is 5.28. The second kappa shape index (κ2) is 9.30. The molecule has 0 saturated carbocycles. The zero-order chi connectivity index (χ0) is 19.9. The van der Waals surface area contributed by atoms with Gasteiger partial charge in [0.1, 0.15) is 5.75 Å². The lowest BCUT2D eigenvalue weighted by Crippen LogP contribution is -2.34. The lowest BCUT2D eigenvalue weighted by atomic mass is 10.1. The summed E-state index contributed by atoms with van der Waals surface area (Å²) in [5, 5.41) is 6.21. The van der Waals surface area contributed by atoms with E-state index in [-0.39, 0.29) is 11.0 Å². The largest absolute Gasteiger partial charge is 0.495 e. The molecule has 3 aromatic rings.